The number of amides is 1. The Kier molecular flexibility index (Phi) is 5.88. The average Bonchev–Trinajstić information content (AvgIpc) is 3.32. The Hall–Kier alpha value is -3.59. The molecule has 9 heteroatoms. The van der Waals surface area contributed by atoms with Gasteiger partial charge in [-0.1, -0.05) is 26.0 Å². The maximum absolute atomic E-state index is 13.3. The number of hydrogen-bond acceptors (Lipinski definition) is 7. The van der Waals surface area contributed by atoms with Gasteiger partial charge in [-0.2, -0.15) is 5.10 Å². The Balaban J connectivity index is 1.33. The Morgan fingerprint density at radius 1 is 1.17 bits per heavy atom. The molecule has 1 fully saturated rings. The molecule has 2 aromatic heterocycles. The molecule has 1 aliphatic heterocycles. The fraction of sp³-hybridized carbons (Fsp3) is 0.423. The highest BCUT2D eigenvalue weighted by Gasteiger charge is 2.38. The number of benzene rings is 1. The second kappa shape index (κ2) is 8.88. The lowest BCUT2D eigenvalue weighted by molar-refractivity contribution is 0.0651. The van der Waals surface area contributed by atoms with Crippen molar-refractivity contribution in [1.29, 1.82) is 0 Å². The van der Waals surface area contributed by atoms with Crippen LogP contribution in [0.4, 0.5) is 5.95 Å². The zero-order valence-corrected chi connectivity index (χ0v) is 20.0. The summed E-state index contributed by atoms with van der Waals surface area (Å²) in [5.41, 5.74) is 10.5. The van der Waals surface area contributed by atoms with Gasteiger partial charge in [-0.25, -0.2) is 9.97 Å². The number of piperidine rings is 1. The smallest absolute Gasteiger partial charge is 0.253 e. The monoisotopic (exact) mass is 474 g/mol. The number of carbonyl (C=O) groups is 2. The molecule has 0 radical (unpaired) electrons. The molecule has 0 unspecified atom stereocenters. The molecule has 3 aromatic rings. The van der Waals surface area contributed by atoms with Crippen LogP contribution >= 0.6 is 0 Å². The molecule has 0 saturated carbocycles. The van der Waals surface area contributed by atoms with E-state index in [0.717, 1.165) is 29.5 Å². The van der Waals surface area contributed by atoms with Crippen molar-refractivity contribution in [3.05, 3.63) is 58.4 Å². The highest BCUT2D eigenvalue weighted by atomic mass is 16.3. The Bertz CT molecular complexity index is 1270. The van der Waals surface area contributed by atoms with Gasteiger partial charge in [0.1, 0.15) is 11.4 Å². The van der Waals surface area contributed by atoms with Crippen molar-refractivity contribution >= 4 is 17.6 Å². The Labute approximate surface area is 203 Å². The van der Waals surface area contributed by atoms with Crippen LogP contribution in [0.2, 0.25) is 0 Å². The Morgan fingerprint density at radius 3 is 2.57 bits per heavy atom. The number of aromatic nitrogens is 4. The highest BCUT2D eigenvalue weighted by Crippen LogP contribution is 2.42. The number of carbonyl (C=O) groups excluding carboxylic acids is 2. The summed E-state index contributed by atoms with van der Waals surface area (Å²) in [6.07, 6.45) is 4.25. The zero-order valence-electron chi connectivity index (χ0n) is 20.0. The molecule has 5 rings (SSSR count). The van der Waals surface area contributed by atoms with E-state index >= 15 is 0 Å². The predicted octanol–water partition coefficient (Wildman–Crippen LogP) is 2.55. The van der Waals surface area contributed by atoms with Crippen LogP contribution < -0.4 is 5.73 Å². The predicted molar refractivity (Wildman–Crippen MR) is 131 cm³/mol. The van der Waals surface area contributed by atoms with Gasteiger partial charge in [-0.05, 0) is 53.9 Å². The van der Waals surface area contributed by atoms with Crippen LogP contribution in [0.15, 0.2) is 30.5 Å². The molecule has 4 N–H and O–H groups in total. The second-order valence-corrected chi connectivity index (χ2v) is 10.2. The van der Waals surface area contributed by atoms with Gasteiger partial charge in [0, 0.05) is 43.4 Å². The van der Waals surface area contributed by atoms with Gasteiger partial charge in [0.05, 0.1) is 5.69 Å². The average molecular weight is 475 g/mol. The van der Waals surface area contributed by atoms with E-state index in [2.05, 4.69) is 34.0 Å². The van der Waals surface area contributed by atoms with Crippen molar-refractivity contribution < 1.29 is 14.7 Å². The molecule has 1 aromatic carbocycles. The quantitative estimate of drug-likeness (QED) is 0.483. The molecule has 35 heavy (non-hydrogen) atoms. The van der Waals surface area contributed by atoms with E-state index in [4.69, 9.17) is 5.73 Å². The molecule has 182 valence electrons. The van der Waals surface area contributed by atoms with Crippen molar-refractivity contribution in [2.24, 2.45) is 5.92 Å². The lowest BCUT2D eigenvalue weighted by atomic mass is 9.72. The number of nitrogens with one attached hydrogen (secondary N) is 1. The van der Waals surface area contributed by atoms with E-state index in [1.165, 1.54) is 0 Å². The molecule has 1 aliphatic carbocycles. The SMILES string of the molecule is CC1(C)Cc2cnc(N)nc2-c2n[nH]c(C(=O)Cc3ccc(C(=O)N4CCC(CO)CC4)cc3)c21. The first-order valence-electron chi connectivity index (χ1n) is 12.0. The van der Waals surface area contributed by atoms with Crippen LogP contribution in [-0.4, -0.2) is 61.6 Å². The molecule has 9 nitrogen and oxygen atoms in total. The molecule has 3 heterocycles. The summed E-state index contributed by atoms with van der Waals surface area (Å²) in [5.74, 6) is 0.382. The molecule has 0 spiro atoms. The van der Waals surface area contributed by atoms with E-state index < -0.39 is 0 Å². The summed E-state index contributed by atoms with van der Waals surface area (Å²) in [4.78, 5) is 36.5. The number of Topliss-reactive ketones (excluding diaryl/α,β-unsaturated/α-hetero) is 1. The maximum atomic E-state index is 13.3. The van der Waals surface area contributed by atoms with Crippen LogP contribution in [-0.2, 0) is 18.3 Å². The first-order valence-corrected chi connectivity index (χ1v) is 12.0. The first kappa shape index (κ1) is 23.2. The number of aromatic amines is 1. The van der Waals surface area contributed by atoms with Crippen molar-refractivity contribution in [3.63, 3.8) is 0 Å². The minimum Gasteiger partial charge on any atom is -0.396 e. The number of aliphatic hydroxyl groups excluding tert-OH is 1. The molecule has 0 bridgehead atoms. The van der Waals surface area contributed by atoms with Crippen molar-refractivity contribution in [3.8, 4) is 11.4 Å². The van der Waals surface area contributed by atoms with Crippen molar-refractivity contribution in [2.75, 3.05) is 25.4 Å². The number of nitrogens with zero attached hydrogens (tertiary/aromatic N) is 4. The van der Waals surface area contributed by atoms with E-state index in [1.807, 2.05) is 17.0 Å². The zero-order chi connectivity index (χ0) is 24.7. The summed E-state index contributed by atoms with van der Waals surface area (Å²) in [6, 6.07) is 7.24. The third-order valence-corrected chi connectivity index (χ3v) is 7.19. The number of hydrogen-bond donors (Lipinski definition) is 3. The van der Waals surface area contributed by atoms with Crippen molar-refractivity contribution in [2.45, 2.75) is 44.9 Å². The van der Waals surface area contributed by atoms with Gasteiger partial charge in [0.25, 0.3) is 5.91 Å². The fourth-order valence-corrected chi connectivity index (χ4v) is 5.23. The lowest BCUT2D eigenvalue weighted by Crippen LogP contribution is -2.39. The highest BCUT2D eigenvalue weighted by molar-refractivity contribution is 5.99. The molecule has 0 atom stereocenters. The van der Waals surface area contributed by atoms with Gasteiger partial charge in [0.2, 0.25) is 5.95 Å². The number of anilines is 1. The number of nitrogen functional groups attached to an aromatic ring is 1. The summed E-state index contributed by atoms with van der Waals surface area (Å²) in [5, 5.41) is 16.7. The number of likely N-dealkylation sites (tertiary alicyclic amines) is 1. The van der Waals surface area contributed by atoms with Gasteiger partial charge in [0.15, 0.2) is 5.78 Å². The number of aliphatic hydroxyl groups is 1. The Morgan fingerprint density at radius 2 is 1.89 bits per heavy atom. The third kappa shape index (κ3) is 4.32. The fourth-order valence-electron chi connectivity index (χ4n) is 5.23. The number of H-pyrrole nitrogens is 1. The minimum absolute atomic E-state index is 0.0106. The van der Waals surface area contributed by atoms with Crippen molar-refractivity contribution in [1.82, 2.24) is 25.1 Å². The van der Waals surface area contributed by atoms with Crippen LogP contribution in [0.1, 0.15) is 64.2 Å². The summed E-state index contributed by atoms with van der Waals surface area (Å²) in [6.45, 7) is 5.66. The molecule has 1 amide bonds. The van der Waals surface area contributed by atoms with Gasteiger partial charge in [-0.3, -0.25) is 14.7 Å². The summed E-state index contributed by atoms with van der Waals surface area (Å²) >= 11 is 0. The van der Waals surface area contributed by atoms with Crippen LogP contribution in [0.3, 0.4) is 0 Å². The topological polar surface area (TPSA) is 138 Å². The van der Waals surface area contributed by atoms with E-state index in [1.54, 1.807) is 18.3 Å². The second-order valence-electron chi connectivity index (χ2n) is 10.2. The lowest BCUT2D eigenvalue weighted by Gasteiger charge is -2.31. The normalized spacial score (nSPS) is 17.1. The van der Waals surface area contributed by atoms with Gasteiger partial charge < -0.3 is 15.7 Å². The largest absolute Gasteiger partial charge is 0.396 e. The standard InChI is InChI=1S/C26H30N6O3/c1-26(2)12-18-13-28-25(27)29-21(18)23-20(26)22(30-31-23)19(34)11-15-3-5-17(6-4-15)24(35)32-9-7-16(14-33)8-10-32/h3-6,13,16,33H,7-12,14H2,1-2H3,(H,30,31)(H2,27,28,29). The van der Waals surface area contributed by atoms with Crippen LogP contribution in [0, 0.1) is 5.92 Å². The maximum Gasteiger partial charge on any atom is 0.253 e. The minimum atomic E-state index is -0.320. The third-order valence-electron chi connectivity index (χ3n) is 7.19. The van der Waals surface area contributed by atoms with Crippen LogP contribution in [0.25, 0.3) is 11.4 Å². The van der Waals surface area contributed by atoms with Gasteiger partial charge >= 0.3 is 0 Å². The summed E-state index contributed by atoms with van der Waals surface area (Å²) in [7, 11) is 0. The number of rotatable bonds is 5. The first-order chi connectivity index (χ1) is 16.8. The molecular formula is C26H30N6O3. The van der Waals surface area contributed by atoms with E-state index in [-0.39, 0.29) is 42.0 Å². The molecular weight excluding hydrogens is 444 g/mol. The molecule has 2 aliphatic rings. The number of nitrogens with two attached hydrogens (primary N) is 1. The number of ketones is 1. The summed E-state index contributed by atoms with van der Waals surface area (Å²) < 4.78 is 0. The van der Waals surface area contributed by atoms with E-state index in [0.29, 0.717) is 42.2 Å². The molecule has 1 saturated heterocycles. The number of fused-ring (bicyclic) bond motifs is 3. The van der Waals surface area contributed by atoms with E-state index in [9.17, 15) is 14.7 Å². The van der Waals surface area contributed by atoms with Crippen LogP contribution in [0.5, 0.6) is 0 Å². The van der Waals surface area contributed by atoms with Gasteiger partial charge in [-0.15, -0.1) is 0 Å².